The molecular formula is C20H22ClNO4. The van der Waals surface area contributed by atoms with E-state index in [0.29, 0.717) is 23.0 Å². The van der Waals surface area contributed by atoms with Gasteiger partial charge in [-0.1, -0.05) is 6.07 Å². The zero-order chi connectivity index (χ0) is 18.0. The Morgan fingerprint density at radius 1 is 0.692 bits per heavy atom. The number of halogens is 1. The van der Waals surface area contributed by atoms with E-state index in [9.17, 15) is 0 Å². The molecule has 3 aromatic rings. The van der Waals surface area contributed by atoms with Crippen molar-refractivity contribution in [2.75, 3.05) is 28.4 Å². The topological polar surface area (TPSA) is 49.8 Å². The number of benzene rings is 2. The molecule has 26 heavy (non-hydrogen) atoms. The second kappa shape index (κ2) is 8.15. The summed E-state index contributed by atoms with van der Waals surface area (Å²) in [6.07, 6.45) is 1.87. The first-order valence-electron chi connectivity index (χ1n) is 7.86. The number of aryl methyl sites for hydroxylation is 1. The van der Waals surface area contributed by atoms with Crippen LogP contribution in [0.15, 0.2) is 36.5 Å². The van der Waals surface area contributed by atoms with Gasteiger partial charge in [0.2, 0.25) is 0 Å². The molecule has 0 fully saturated rings. The highest BCUT2D eigenvalue weighted by atomic mass is 35.5. The molecule has 0 saturated carbocycles. The van der Waals surface area contributed by atoms with Crippen molar-refractivity contribution in [3.63, 3.8) is 0 Å². The van der Waals surface area contributed by atoms with Crippen LogP contribution >= 0.6 is 12.4 Å². The number of ether oxygens (including phenoxy) is 4. The van der Waals surface area contributed by atoms with Crippen molar-refractivity contribution >= 4 is 23.2 Å². The van der Waals surface area contributed by atoms with Gasteiger partial charge in [0.15, 0.2) is 23.0 Å². The van der Waals surface area contributed by atoms with E-state index < -0.39 is 0 Å². The fourth-order valence-corrected chi connectivity index (χ4v) is 2.94. The maximum Gasteiger partial charge on any atom is 0.161 e. The summed E-state index contributed by atoms with van der Waals surface area (Å²) in [5, 5.41) is 2.06. The van der Waals surface area contributed by atoms with Gasteiger partial charge in [0.05, 0.1) is 28.4 Å². The number of hydrogen-bond acceptors (Lipinski definition) is 5. The lowest BCUT2D eigenvalue weighted by Crippen LogP contribution is -1.95. The molecule has 0 aliphatic heterocycles. The smallest absolute Gasteiger partial charge is 0.161 e. The Morgan fingerprint density at radius 3 is 1.81 bits per heavy atom. The highest BCUT2D eigenvalue weighted by Gasteiger charge is 2.14. The van der Waals surface area contributed by atoms with Crippen LogP contribution in [-0.2, 0) is 0 Å². The first kappa shape index (κ1) is 19.7. The van der Waals surface area contributed by atoms with Gasteiger partial charge in [-0.2, -0.15) is 0 Å². The first-order valence-corrected chi connectivity index (χ1v) is 7.86. The summed E-state index contributed by atoms with van der Waals surface area (Å²) in [4.78, 5) is 4.54. The molecule has 0 aliphatic rings. The molecule has 0 saturated heterocycles. The maximum absolute atomic E-state index is 5.47. The van der Waals surface area contributed by atoms with Crippen LogP contribution in [0.3, 0.4) is 0 Å². The molecule has 0 spiro atoms. The quantitative estimate of drug-likeness (QED) is 0.648. The van der Waals surface area contributed by atoms with Gasteiger partial charge in [-0.3, -0.25) is 4.98 Å². The van der Waals surface area contributed by atoms with Gasteiger partial charge in [-0.25, -0.2) is 0 Å². The SMILES string of the molecule is COc1ccc(-c2cnc(C)c3cc(OC)c(OC)cc23)cc1OC.Cl. The van der Waals surface area contributed by atoms with E-state index in [1.165, 1.54) is 0 Å². The van der Waals surface area contributed by atoms with E-state index in [2.05, 4.69) is 4.98 Å². The van der Waals surface area contributed by atoms with Crippen LogP contribution in [0, 0.1) is 6.92 Å². The zero-order valence-corrected chi connectivity index (χ0v) is 16.3. The van der Waals surface area contributed by atoms with Crippen molar-refractivity contribution in [2.45, 2.75) is 6.92 Å². The molecule has 0 aliphatic carbocycles. The Bertz CT molecular complexity index is 927. The Kier molecular flexibility index (Phi) is 6.16. The molecule has 1 heterocycles. The van der Waals surface area contributed by atoms with Crippen LogP contribution in [0.25, 0.3) is 21.9 Å². The van der Waals surface area contributed by atoms with E-state index in [1.54, 1.807) is 28.4 Å². The summed E-state index contributed by atoms with van der Waals surface area (Å²) in [5.41, 5.74) is 2.91. The second-order valence-electron chi connectivity index (χ2n) is 5.58. The largest absolute Gasteiger partial charge is 0.493 e. The monoisotopic (exact) mass is 375 g/mol. The normalized spacial score (nSPS) is 10.2. The summed E-state index contributed by atoms with van der Waals surface area (Å²) in [6, 6.07) is 9.77. The first-order chi connectivity index (χ1) is 12.1. The van der Waals surface area contributed by atoms with Crippen molar-refractivity contribution in [3.8, 4) is 34.1 Å². The Hall–Kier alpha value is -2.66. The number of methoxy groups -OCH3 is 4. The molecule has 0 unspecified atom stereocenters. The predicted molar refractivity (Wildman–Crippen MR) is 105 cm³/mol. The molecule has 0 amide bonds. The van der Waals surface area contributed by atoms with Crippen LogP contribution in [0.1, 0.15) is 5.69 Å². The fraction of sp³-hybridized carbons (Fsp3) is 0.250. The third-order valence-corrected chi connectivity index (χ3v) is 4.29. The number of rotatable bonds is 5. The van der Waals surface area contributed by atoms with Gasteiger partial charge >= 0.3 is 0 Å². The minimum Gasteiger partial charge on any atom is -0.493 e. The third-order valence-electron chi connectivity index (χ3n) is 4.29. The Morgan fingerprint density at radius 2 is 1.23 bits per heavy atom. The molecule has 0 bridgehead atoms. The van der Waals surface area contributed by atoms with E-state index in [0.717, 1.165) is 27.6 Å². The third kappa shape index (κ3) is 3.35. The van der Waals surface area contributed by atoms with Gasteiger partial charge in [0.1, 0.15) is 0 Å². The molecule has 1 aromatic heterocycles. The van der Waals surface area contributed by atoms with Crippen LogP contribution in [0.4, 0.5) is 0 Å². The van der Waals surface area contributed by atoms with Gasteiger partial charge in [0.25, 0.3) is 0 Å². The lowest BCUT2D eigenvalue weighted by Gasteiger charge is -2.14. The molecular weight excluding hydrogens is 354 g/mol. The number of pyridine rings is 1. The van der Waals surface area contributed by atoms with Crippen molar-refractivity contribution in [2.24, 2.45) is 0 Å². The second-order valence-corrected chi connectivity index (χ2v) is 5.58. The highest BCUT2D eigenvalue weighted by Crippen LogP contribution is 2.39. The average Bonchev–Trinajstić information content (AvgIpc) is 2.66. The standard InChI is InChI=1S/C20H21NO4.ClH/c1-12-14-9-19(24-4)20(25-5)10-15(14)16(11-21-12)13-6-7-17(22-2)18(8-13)23-3;/h6-11H,1-5H3;1H. The van der Waals surface area contributed by atoms with Crippen LogP contribution in [0.2, 0.25) is 0 Å². The summed E-state index contributed by atoms with van der Waals surface area (Å²) in [6.45, 7) is 1.98. The number of fused-ring (bicyclic) bond motifs is 1. The lowest BCUT2D eigenvalue weighted by molar-refractivity contribution is 0.355. The summed E-state index contributed by atoms with van der Waals surface area (Å²) >= 11 is 0. The predicted octanol–water partition coefficient (Wildman–Crippen LogP) is 4.67. The maximum atomic E-state index is 5.47. The van der Waals surface area contributed by atoms with E-state index in [-0.39, 0.29) is 12.4 Å². The van der Waals surface area contributed by atoms with Gasteiger partial charge in [0, 0.05) is 22.8 Å². The van der Waals surface area contributed by atoms with E-state index >= 15 is 0 Å². The van der Waals surface area contributed by atoms with Crippen molar-refractivity contribution in [1.29, 1.82) is 0 Å². The molecule has 5 nitrogen and oxygen atoms in total. The van der Waals surface area contributed by atoms with Gasteiger partial charge in [-0.05, 0) is 42.1 Å². The molecule has 0 atom stereocenters. The molecule has 138 valence electrons. The molecule has 0 N–H and O–H groups in total. The fourth-order valence-electron chi connectivity index (χ4n) is 2.94. The minimum absolute atomic E-state index is 0. The van der Waals surface area contributed by atoms with Crippen molar-refractivity contribution in [3.05, 3.63) is 42.2 Å². The molecule has 2 aromatic carbocycles. The molecule has 0 radical (unpaired) electrons. The van der Waals surface area contributed by atoms with Gasteiger partial charge in [-0.15, -0.1) is 12.4 Å². The Labute approximate surface area is 159 Å². The van der Waals surface area contributed by atoms with Crippen LogP contribution < -0.4 is 18.9 Å². The highest BCUT2D eigenvalue weighted by molar-refractivity contribution is 5.99. The van der Waals surface area contributed by atoms with Crippen LogP contribution in [-0.4, -0.2) is 33.4 Å². The van der Waals surface area contributed by atoms with E-state index in [4.69, 9.17) is 18.9 Å². The average molecular weight is 376 g/mol. The summed E-state index contributed by atoms with van der Waals surface area (Å²) in [5.74, 6) is 2.73. The number of hydrogen-bond donors (Lipinski definition) is 0. The van der Waals surface area contributed by atoms with Crippen molar-refractivity contribution < 1.29 is 18.9 Å². The van der Waals surface area contributed by atoms with Crippen molar-refractivity contribution in [1.82, 2.24) is 4.98 Å². The minimum atomic E-state index is 0. The number of nitrogens with zero attached hydrogens (tertiary/aromatic N) is 1. The Balaban J connectivity index is 0.00000243. The number of aromatic nitrogens is 1. The van der Waals surface area contributed by atoms with E-state index in [1.807, 2.05) is 43.5 Å². The lowest BCUT2D eigenvalue weighted by atomic mass is 9.98. The summed E-state index contributed by atoms with van der Waals surface area (Å²) in [7, 11) is 6.51. The van der Waals surface area contributed by atoms with Crippen LogP contribution in [0.5, 0.6) is 23.0 Å². The molecule has 3 rings (SSSR count). The van der Waals surface area contributed by atoms with Gasteiger partial charge < -0.3 is 18.9 Å². The molecule has 6 heteroatoms. The zero-order valence-electron chi connectivity index (χ0n) is 15.5. The summed E-state index contributed by atoms with van der Waals surface area (Å²) < 4.78 is 21.6.